The molecular formula is C11H13N3OS. The lowest BCUT2D eigenvalue weighted by molar-refractivity contribution is 0.168. The molecule has 5 heteroatoms. The van der Waals surface area contributed by atoms with Gasteiger partial charge in [-0.05, 0) is 19.4 Å². The van der Waals surface area contributed by atoms with Gasteiger partial charge in [-0.15, -0.1) is 11.3 Å². The maximum absolute atomic E-state index is 9.92. The maximum Gasteiger partial charge on any atom is 0.157 e. The SMILES string of the molecule is Cc1cnc(C(O)Cc2nc(C)cs2)nc1. The Kier molecular flexibility index (Phi) is 3.26. The Bertz CT molecular complexity index is 466. The summed E-state index contributed by atoms with van der Waals surface area (Å²) in [5, 5.41) is 12.8. The summed E-state index contributed by atoms with van der Waals surface area (Å²) in [7, 11) is 0. The van der Waals surface area contributed by atoms with E-state index in [0.717, 1.165) is 16.3 Å². The number of nitrogens with zero attached hydrogens (tertiary/aromatic N) is 3. The Morgan fingerprint density at radius 2 is 2.00 bits per heavy atom. The molecule has 0 amide bonds. The van der Waals surface area contributed by atoms with Gasteiger partial charge >= 0.3 is 0 Å². The summed E-state index contributed by atoms with van der Waals surface area (Å²) in [6, 6.07) is 0. The fourth-order valence-electron chi connectivity index (χ4n) is 1.33. The summed E-state index contributed by atoms with van der Waals surface area (Å²) in [6.07, 6.45) is 3.21. The first kappa shape index (κ1) is 11.2. The lowest BCUT2D eigenvalue weighted by Crippen LogP contribution is -2.06. The van der Waals surface area contributed by atoms with Gasteiger partial charge < -0.3 is 5.11 Å². The van der Waals surface area contributed by atoms with Crippen LogP contribution in [0, 0.1) is 13.8 Å². The van der Waals surface area contributed by atoms with E-state index in [4.69, 9.17) is 0 Å². The van der Waals surface area contributed by atoms with Gasteiger partial charge in [0, 0.05) is 29.9 Å². The molecule has 0 fully saturated rings. The summed E-state index contributed by atoms with van der Waals surface area (Å²) < 4.78 is 0. The first-order valence-corrected chi connectivity index (χ1v) is 5.91. The number of aromatic nitrogens is 3. The van der Waals surface area contributed by atoms with Crippen molar-refractivity contribution in [2.75, 3.05) is 0 Å². The van der Waals surface area contributed by atoms with Gasteiger partial charge in [0.2, 0.25) is 0 Å². The van der Waals surface area contributed by atoms with Crippen molar-refractivity contribution in [1.82, 2.24) is 15.0 Å². The molecule has 0 aromatic carbocycles. The molecule has 2 rings (SSSR count). The van der Waals surface area contributed by atoms with Crippen LogP contribution in [0.1, 0.15) is 28.2 Å². The molecule has 16 heavy (non-hydrogen) atoms. The minimum absolute atomic E-state index is 0.457. The predicted octanol–water partition coefficient (Wildman–Crippen LogP) is 1.83. The van der Waals surface area contributed by atoms with Crippen molar-refractivity contribution in [3.8, 4) is 0 Å². The van der Waals surface area contributed by atoms with E-state index in [1.807, 2.05) is 19.2 Å². The van der Waals surface area contributed by atoms with Crippen molar-refractivity contribution in [2.24, 2.45) is 0 Å². The van der Waals surface area contributed by atoms with Gasteiger partial charge in [-0.2, -0.15) is 0 Å². The third-order valence-corrected chi connectivity index (χ3v) is 3.12. The van der Waals surface area contributed by atoms with Crippen LogP contribution in [0.5, 0.6) is 0 Å². The smallest absolute Gasteiger partial charge is 0.157 e. The van der Waals surface area contributed by atoms with Crippen molar-refractivity contribution in [3.63, 3.8) is 0 Å². The number of aliphatic hydroxyl groups is 1. The largest absolute Gasteiger partial charge is 0.385 e. The molecule has 0 spiro atoms. The molecule has 84 valence electrons. The molecular weight excluding hydrogens is 222 g/mol. The van der Waals surface area contributed by atoms with Crippen LogP contribution in [0.2, 0.25) is 0 Å². The minimum atomic E-state index is -0.675. The van der Waals surface area contributed by atoms with Gasteiger partial charge in [0.1, 0.15) is 6.10 Å². The van der Waals surface area contributed by atoms with E-state index in [9.17, 15) is 5.11 Å². The molecule has 4 nitrogen and oxygen atoms in total. The Hall–Kier alpha value is -1.33. The topological polar surface area (TPSA) is 58.9 Å². The highest BCUT2D eigenvalue weighted by Crippen LogP contribution is 2.17. The molecule has 1 atom stereocenters. The van der Waals surface area contributed by atoms with Crippen LogP contribution in [0.15, 0.2) is 17.8 Å². The van der Waals surface area contributed by atoms with Crippen LogP contribution in [0.3, 0.4) is 0 Å². The van der Waals surface area contributed by atoms with Crippen molar-refractivity contribution >= 4 is 11.3 Å². The van der Waals surface area contributed by atoms with Crippen LogP contribution >= 0.6 is 11.3 Å². The van der Waals surface area contributed by atoms with E-state index < -0.39 is 6.10 Å². The normalized spacial score (nSPS) is 12.7. The van der Waals surface area contributed by atoms with Gasteiger partial charge in [-0.1, -0.05) is 0 Å². The number of thiazole rings is 1. The summed E-state index contributed by atoms with van der Waals surface area (Å²) in [5.74, 6) is 0.457. The van der Waals surface area contributed by atoms with Crippen molar-refractivity contribution in [1.29, 1.82) is 0 Å². The number of hydrogen-bond acceptors (Lipinski definition) is 5. The summed E-state index contributed by atoms with van der Waals surface area (Å²) in [4.78, 5) is 12.5. The third-order valence-electron chi connectivity index (χ3n) is 2.13. The fraction of sp³-hybridized carbons (Fsp3) is 0.364. The highest BCUT2D eigenvalue weighted by molar-refractivity contribution is 7.09. The Balaban J connectivity index is 2.08. The predicted molar refractivity (Wildman–Crippen MR) is 62.3 cm³/mol. The van der Waals surface area contributed by atoms with Gasteiger partial charge in [0.05, 0.1) is 5.01 Å². The van der Waals surface area contributed by atoms with Gasteiger partial charge in [-0.3, -0.25) is 0 Å². The molecule has 0 saturated heterocycles. The first-order valence-electron chi connectivity index (χ1n) is 5.03. The number of hydrogen-bond donors (Lipinski definition) is 1. The van der Waals surface area contributed by atoms with E-state index in [-0.39, 0.29) is 0 Å². The maximum atomic E-state index is 9.92. The quantitative estimate of drug-likeness (QED) is 0.881. The number of aliphatic hydroxyl groups excluding tert-OH is 1. The lowest BCUT2D eigenvalue weighted by Gasteiger charge is -2.06. The second-order valence-corrected chi connectivity index (χ2v) is 4.66. The average Bonchev–Trinajstić information content (AvgIpc) is 2.65. The average molecular weight is 235 g/mol. The van der Waals surface area contributed by atoms with Crippen LogP contribution < -0.4 is 0 Å². The Morgan fingerprint density at radius 1 is 1.31 bits per heavy atom. The van der Waals surface area contributed by atoms with Crippen molar-refractivity contribution in [2.45, 2.75) is 26.4 Å². The monoisotopic (exact) mass is 235 g/mol. The zero-order chi connectivity index (χ0) is 11.5. The summed E-state index contributed by atoms with van der Waals surface area (Å²) >= 11 is 1.55. The van der Waals surface area contributed by atoms with Crippen LogP contribution in [0.4, 0.5) is 0 Å². The highest BCUT2D eigenvalue weighted by atomic mass is 32.1. The van der Waals surface area contributed by atoms with E-state index in [1.54, 1.807) is 23.7 Å². The molecule has 0 bridgehead atoms. The zero-order valence-corrected chi connectivity index (χ0v) is 10.0. The molecule has 0 aliphatic carbocycles. The van der Waals surface area contributed by atoms with Crippen molar-refractivity contribution < 1.29 is 5.11 Å². The lowest BCUT2D eigenvalue weighted by atomic mass is 10.2. The van der Waals surface area contributed by atoms with Gasteiger partial charge in [0.15, 0.2) is 5.82 Å². The standard InChI is InChI=1S/C11H13N3OS/c1-7-4-12-11(13-5-7)9(15)3-10-14-8(2)6-16-10/h4-6,9,15H,3H2,1-2H3. The first-order chi connectivity index (χ1) is 7.65. The number of aryl methyl sites for hydroxylation is 2. The molecule has 2 aromatic heterocycles. The van der Waals surface area contributed by atoms with Crippen LogP contribution in [0.25, 0.3) is 0 Å². The summed E-state index contributed by atoms with van der Waals surface area (Å²) in [6.45, 7) is 3.86. The van der Waals surface area contributed by atoms with Crippen LogP contribution in [-0.4, -0.2) is 20.1 Å². The molecule has 0 saturated carbocycles. The molecule has 1 N–H and O–H groups in total. The molecule has 0 radical (unpaired) electrons. The zero-order valence-electron chi connectivity index (χ0n) is 9.21. The van der Waals surface area contributed by atoms with Gasteiger partial charge in [-0.25, -0.2) is 15.0 Å². The third kappa shape index (κ3) is 2.62. The van der Waals surface area contributed by atoms with Crippen molar-refractivity contribution in [3.05, 3.63) is 39.9 Å². The molecule has 1 unspecified atom stereocenters. The molecule has 0 aliphatic rings. The Morgan fingerprint density at radius 3 is 2.56 bits per heavy atom. The minimum Gasteiger partial charge on any atom is -0.385 e. The molecule has 2 heterocycles. The van der Waals surface area contributed by atoms with E-state index >= 15 is 0 Å². The van der Waals surface area contributed by atoms with E-state index in [0.29, 0.717) is 12.2 Å². The molecule has 2 aromatic rings. The van der Waals surface area contributed by atoms with E-state index in [1.165, 1.54) is 0 Å². The highest BCUT2D eigenvalue weighted by Gasteiger charge is 2.13. The summed E-state index contributed by atoms with van der Waals surface area (Å²) in [5.41, 5.74) is 1.97. The Labute approximate surface area is 98.0 Å². The van der Waals surface area contributed by atoms with Gasteiger partial charge in [0.25, 0.3) is 0 Å². The number of rotatable bonds is 3. The molecule has 0 aliphatic heterocycles. The van der Waals surface area contributed by atoms with Crippen LogP contribution in [-0.2, 0) is 6.42 Å². The second kappa shape index (κ2) is 4.67. The van der Waals surface area contributed by atoms with E-state index in [2.05, 4.69) is 15.0 Å². The fourth-order valence-corrected chi connectivity index (χ4v) is 2.14. The second-order valence-electron chi connectivity index (χ2n) is 3.72.